The zero-order valence-electron chi connectivity index (χ0n) is 29.1. The second-order valence-corrected chi connectivity index (χ2v) is 13.5. The molecule has 0 spiro atoms. The Balaban J connectivity index is 1.51. The number of nitrogens with zero attached hydrogens (tertiary/aromatic N) is 3. The number of para-hydroxylation sites is 2. The lowest BCUT2D eigenvalue weighted by Gasteiger charge is -2.36. The van der Waals surface area contributed by atoms with Crippen LogP contribution in [0, 0.1) is 12.8 Å². The van der Waals surface area contributed by atoms with Gasteiger partial charge in [-0.3, -0.25) is 4.99 Å². The minimum absolute atomic E-state index is 0.0512. The molecule has 0 saturated heterocycles. The molecule has 0 bridgehead atoms. The van der Waals surface area contributed by atoms with Gasteiger partial charge in [-0.15, -0.1) is 0 Å². The number of aryl methyl sites for hydroxylation is 1. The molecule has 4 heteroatoms. The van der Waals surface area contributed by atoms with Gasteiger partial charge in [-0.2, -0.15) is 0 Å². The summed E-state index contributed by atoms with van der Waals surface area (Å²) in [7, 11) is 0. The Labute approximate surface area is 287 Å². The van der Waals surface area contributed by atoms with Crippen LogP contribution in [-0.2, 0) is 0 Å². The van der Waals surface area contributed by atoms with Gasteiger partial charge in [0.05, 0.1) is 17.3 Å². The van der Waals surface area contributed by atoms with E-state index in [2.05, 4.69) is 152 Å². The fraction of sp³-hybridized carbons (Fsp3) is 0.295. The Morgan fingerprint density at radius 2 is 1.71 bits per heavy atom. The Hall–Kier alpha value is -4.83. The number of aliphatic imine (C=N–C) groups is 1. The number of aromatic nitrogens is 1. The number of allylic oxidation sites excluding steroid dienone is 12. The number of nitrogens with two attached hydrogens (primary N) is 1. The van der Waals surface area contributed by atoms with Crippen LogP contribution >= 0.6 is 0 Å². The Bertz CT molecular complexity index is 1980. The molecular weight excluding hydrogens is 585 g/mol. The van der Waals surface area contributed by atoms with Crippen molar-refractivity contribution in [3.8, 4) is 0 Å². The van der Waals surface area contributed by atoms with Crippen molar-refractivity contribution in [1.29, 1.82) is 0 Å². The fourth-order valence-electron chi connectivity index (χ4n) is 7.56. The molecule has 2 unspecified atom stereocenters. The van der Waals surface area contributed by atoms with E-state index in [4.69, 9.17) is 12.3 Å². The molecule has 246 valence electrons. The largest absolute Gasteiger partial charge is 0.400 e. The van der Waals surface area contributed by atoms with Crippen LogP contribution in [0.3, 0.4) is 0 Å². The second-order valence-electron chi connectivity index (χ2n) is 13.5. The zero-order valence-corrected chi connectivity index (χ0v) is 29.1. The van der Waals surface area contributed by atoms with Crippen molar-refractivity contribution in [2.24, 2.45) is 16.6 Å². The van der Waals surface area contributed by atoms with Crippen LogP contribution in [0.4, 0.5) is 0 Å². The highest BCUT2D eigenvalue weighted by atomic mass is 15.2. The van der Waals surface area contributed by atoms with E-state index in [0.717, 1.165) is 78.0 Å². The highest BCUT2D eigenvalue weighted by molar-refractivity contribution is 6.09. The standard InChI is InChI=1S/C44H50N4/c1-30-17-8-7-9-23-37(39-25-16-27-41(45)43(39)46-6)33(4)34(5)47(32(3)20-11-10-18-30)35-21-15-22-36(29-35)48-42-28-13-12-24-38(42)40-26-14-19-31(2)44(40)48/h9-15,18-21,23-26,28-30,32,36H,5-8,16-17,22,27,45H2,1-4H3/b18-10-,20-11-,23-9-,37-33+/t30?,32?,36-/m0/s1. The molecular formula is C44H50N4. The molecule has 0 fully saturated rings. The Morgan fingerprint density at radius 3 is 2.54 bits per heavy atom. The van der Waals surface area contributed by atoms with Crippen molar-refractivity contribution in [1.82, 2.24) is 9.47 Å². The van der Waals surface area contributed by atoms with E-state index >= 15 is 0 Å². The summed E-state index contributed by atoms with van der Waals surface area (Å²) >= 11 is 0. The van der Waals surface area contributed by atoms with E-state index in [9.17, 15) is 0 Å². The molecule has 1 aliphatic heterocycles. The van der Waals surface area contributed by atoms with E-state index in [1.807, 2.05) is 0 Å². The first-order valence-corrected chi connectivity index (χ1v) is 17.5. The lowest BCUT2D eigenvalue weighted by atomic mass is 9.89. The monoisotopic (exact) mass is 634 g/mol. The molecule has 4 nitrogen and oxygen atoms in total. The summed E-state index contributed by atoms with van der Waals surface area (Å²) in [6.07, 6.45) is 28.8. The van der Waals surface area contributed by atoms with Crippen LogP contribution in [-0.4, -0.2) is 22.2 Å². The summed E-state index contributed by atoms with van der Waals surface area (Å²) in [5.41, 5.74) is 17.3. The van der Waals surface area contributed by atoms with Gasteiger partial charge in [-0.25, -0.2) is 0 Å². The average Bonchev–Trinajstić information content (AvgIpc) is 3.43. The van der Waals surface area contributed by atoms with Crippen molar-refractivity contribution in [3.63, 3.8) is 0 Å². The predicted molar refractivity (Wildman–Crippen MR) is 207 cm³/mol. The third-order valence-electron chi connectivity index (χ3n) is 10.1. The number of benzene rings is 2. The molecule has 0 amide bonds. The molecule has 3 aliphatic rings. The van der Waals surface area contributed by atoms with Crippen molar-refractivity contribution in [3.05, 3.63) is 155 Å². The van der Waals surface area contributed by atoms with Crippen molar-refractivity contribution in [2.45, 2.75) is 78.3 Å². The minimum atomic E-state index is 0.0512. The normalized spacial score (nSPS) is 26.5. The highest BCUT2D eigenvalue weighted by Gasteiger charge is 2.26. The number of hydrogen-bond donors (Lipinski definition) is 1. The summed E-state index contributed by atoms with van der Waals surface area (Å²) in [6, 6.07) is 15.7. The van der Waals surface area contributed by atoms with Crippen LogP contribution < -0.4 is 5.73 Å². The molecule has 6 rings (SSSR count). The average molecular weight is 635 g/mol. The maximum Gasteiger partial charge on any atom is 0.0884 e. The second kappa shape index (κ2) is 14.5. The van der Waals surface area contributed by atoms with Crippen LogP contribution in [0.15, 0.2) is 154 Å². The maximum atomic E-state index is 6.52. The van der Waals surface area contributed by atoms with E-state index in [1.165, 1.54) is 27.4 Å². The van der Waals surface area contributed by atoms with Gasteiger partial charge < -0.3 is 15.2 Å². The molecule has 3 aromatic rings. The molecule has 3 atom stereocenters. The SMILES string of the molecule is C=NC1=C(N)CCC=C1C1=C(\C)C(=C)N(C2=C[C@@H](n3c4ccccc4c4cccc(C)c43)CC=C2)C(C)/C=C\C=C/C(C)CCC/C=C\1. The number of fused-ring (bicyclic) bond motifs is 3. The van der Waals surface area contributed by atoms with Gasteiger partial charge in [0, 0.05) is 45.0 Å². The first kappa shape index (κ1) is 33.1. The predicted octanol–water partition coefficient (Wildman–Crippen LogP) is 11.1. The van der Waals surface area contributed by atoms with E-state index in [0.29, 0.717) is 5.92 Å². The van der Waals surface area contributed by atoms with Gasteiger partial charge in [-0.05, 0) is 107 Å². The first-order valence-electron chi connectivity index (χ1n) is 17.5. The quantitative estimate of drug-likeness (QED) is 0.290. The van der Waals surface area contributed by atoms with Gasteiger partial charge in [0.15, 0.2) is 0 Å². The third kappa shape index (κ3) is 6.49. The number of hydrogen-bond acceptors (Lipinski definition) is 3. The van der Waals surface area contributed by atoms with Gasteiger partial charge in [0.2, 0.25) is 0 Å². The minimum Gasteiger partial charge on any atom is -0.400 e. The number of rotatable bonds is 4. The Morgan fingerprint density at radius 1 is 0.917 bits per heavy atom. The van der Waals surface area contributed by atoms with E-state index in [-0.39, 0.29) is 12.1 Å². The van der Waals surface area contributed by atoms with E-state index < -0.39 is 0 Å². The summed E-state index contributed by atoms with van der Waals surface area (Å²) in [4.78, 5) is 6.82. The lowest BCUT2D eigenvalue weighted by Crippen LogP contribution is -2.31. The summed E-state index contributed by atoms with van der Waals surface area (Å²) in [5.74, 6) is 0.520. The van der Waals surface area contributed by atoms with Gasteiger partial charge in [0.25, 0.3) is 0 Å². The molecule has 0 saturated carbocycles. The van der Waals surface area contributed by atoms with Gasteiger partial charge >= 0.3 is 0 Å². The summed E-state index contributed by atoms with van der Waals surface area (Å²) in [6.45, 7) is 17.7. The third-order valence-corrected chi connectivity index (χ3v) is 10.1. The smallest absolute Gasteiger partial charge is 0.0884 e. The molecule has 2 N–H and O–H groups in total. The van der Waals surface area contributed by atoms with Gasteiger partial charge in [-0.1, -0.05) is 98.5 Å². The van der Waals surface area contributed by atoms with Crippen LogP contribution in [0.2, 0.25) is 0 Å². The van der Waals surface area contributed by atoms with Crippen LogP contribution in [0.25, 0.3) is 21.8 Å². The van der Waals surface area contributed by atoms with Crippen LogP contribution in [0.1, 0.15) is 70.9 Å². The first-order chi connectivity index (χ1) is 23.3. The van der Waals surface area contributed by atoms with E-state index in [1.54, 1.807) is 0 Å². The summed E-state index contributed by atoms with van der Waals surface area (Å²) in [5, 5.41) is 2.60. The highest BCUT2D eigenvalue weighted by Crippen LogP contribution is 2.39. The summed E-state index contributed by atoms with van der Waals surface area (Å²) < 4.78 is 2.55. The molecule has 2 heterocycles. The lowest BCUT2D eigenvalue weighted by molar-refractivity contribution is 0.393. The molecule has 2 aliphatic carbocycles. The maximum absolute atomic E-state index is 6.52. The van der Waals surface area contributed by atoms with Crippen LogP contribution in [0.5, 0.6) is 0 Å². The topological polar surface area (TPSA) is 46.5 Å². The van der Waals surface area contributed by atoms with Crippen molar-refractivity contribution >= 4 is 28.5 Å². The van der Waals surface area contributed by atoms with Crippen molar-refractivity contribution in [2.75, 3.05) is 0 Å². The molecule has 48 heavy (non-hydrogen) atoms. The zero-order chi connectivity index (χ0) is 33.8. The molecule has 2 aromatic carbocycles. The Kier molecular flexibility index (Phi) is 10.0. The molecule has 1 aromatic heterocycles. The van der Waals surface area contributed by atoms with Gasteiger partial charge in [0.1, 0.15) is 0 Å². The molecule has 0 radical (unpaired) electrons. The van der Waals surface area contributed by atoms with Crippen molar-refractivity contribution < 1.29 is 0 Å². The fourth-order valence-corrected chi connectivity index (χ4v) is 7.56.